The molecule has 0 saturated carbocycles. The number of benzene rings is 2. The van der Waals surface area contributed by atoms with E-state index in [4.69, 9.17) is 9.47 Å². The van der Waals surface area contributed by atoms with Gasteiger partial charge in [-0.15, -0.1) is 0 Å². The highest BCUT2D eigenvalue weighted by Crippen LogP contribution is 2.43. The first-order chi connectivity index (χ1) is 16.0. The summed E-state index contributed by atoms with van der Waals surface area (Å²) in [4.78, 5) is 29.4. The summed E-state index contributed by atoms with van der Waals surface area (Å²) < 4.78 is 10.7. The SMILES string of the molecule is CC(C)C#Cc1ccc([C@@H]2[C@@H](CO)N3C(=O)CN(C(=O)c4ccc5c(c4)OCO5)C[C@H]23)cc1. The van der Waals surface area contributed by atoms with Crippen molar-refractivity contribution in [2.75, 3.05) is 26.5 Å². The fraction of sp³-hybridized carbons (Fsp3) is 0.385. The number of carbonyl (C=O) groups excluding carboxylic acids is 2. The zero-order valence-electron chi connectivity index (χ0n) is 18.7. The number of nitrogens with zero attached hydrogens (tertiary/aromatic N) is 2. The van der Waals surface area contributed by atoms with Crippen LogP contribution in [0.1, 0.15) is 41.3 Å². The second kappa shape index (κ2) is 8.45. The van der Waals surface area contributed by atoms with Crippen molar-refractivity contribution in [2.45, 2.75) is 31.8 Å². The molecular weight excluding hydrogens is 420 g/mol. The molecule has 3 aliphatic rings. The van der Waals surface area contributed by atoms with Gasteiger partial charge in [-0.1, -0.05) is 37.8 Å². The van der Waals surface area contributed by atoms with Crippen molar-refractivity contribution in [3.63, 3.8) is 0 Å². The number of rotatable bonds is 3. The second-order valence-corrected chi connectivity index (χ2v) is 8.94. The van der Waals surface area contributed by atoms with Crippen molar-refractivity contribution in [1.82, 2.24) is 9.80 Å². The van der Waals surface area contributed by atoms with Crippen LogP contribution in [-0.4, -0.2) is 65.3 Å². The number of amides is 2. The van der Waals surface area contributed by atoms with E-state index >= 15 is 0 Å². The number of hydrogen-bond donors (Lipinski definition) is 1. The molecule has 5 rings (SSSR count). The van der Waals surface area contributed by atoms with Crippen LogP contribution >= 0.6 is 0 Å². The molecule has 0 spiro atoms. The van der Waals surface area contributed by atoms with Gasteiger partial charge < -0.3 is 24.4 Å². The third kappa shape index (κ3) is 3.81. The number of hydrogen-bond acceptors (Lipinski definition) is 5. The van der Waals surface area contributed by atoms with E-state index in [0.29, 0.717) is 29.5 Å². The lowest BCUT2D eigenvalue weighted by Crippen LogP contribution is -2.73. The summed E-state index contributed by atoms with van der Waals surface area (Å²) in [5.74, 6) is 7.35. The lowest BCUT2D eigenvalue weighted by Gasteiger charge is -2.58. The lowest BCUT2D eigenvalue weighted by atomic mass is 9.73. The summed E-state index contributed by atoms with van der Waals surface area (Å²) >= 11 is 0. The highest BCUT2D eigenvalue weighted by Gasteiger charge is 2.54. The summed E-state index contributed by atoms with van der Waals surface area (Å²) in [6.45, 7) is 4.53. The van der Waals surface area contributed by atoms with E-state index in [2.05, 4.69) is 11.8 Å². The van der Waals surface area contributed by atoms with Crippen LogP contribution in [0.3, 0.4) is 0 Å². The lowest BCUT2D eigenvalue weighted by molar-refractivity contribution is -0.159. The minimum Gasteiger partial charge on any atom is -0.454 e. The predicted molar refractivity (Wildman–Crippen MR) is 121 cm³/mol. The van der Waals surface area contributed by atoms with Gasteiger partial charge in [-0.05, 0) is 35.9 Å². The van der Waals surface area contributed by atoms with Crippen molar-refractivity contribution in [1.29, 1.82) is 0 Å². The first-order valence-corrected chi connectivity index (χ1v) is 11.2. The molecule has 7 nitrogen and oxygen atoms in total. The van der Waals surface area contributed by atoms with E-state index < -0.39 is 0 Å². The standard InChI is InChI=1S/C26H26N2O5/c1-16(2)3-4-17-5-7-18(8-6-17)25-20-12-27(13-24(30)28(20)21(25)14-29)26(31)19-9-10-22-23(11-19)33-15-32-22/h5-11,16,20-21,25,29H,12-15H2,1-2H3/t20-,21-,25+/m1/s1. The molecule has 2 saturated heterocycles. The van der Waals surface area contributed by atoms with Crippen LogP contribution in [0.25, 0.3) is 0 Å². The summed E-state index contributed by atoms with van der Waals surface area (Å²) in [6, 6.07) is 12.6. The Balaban J connectivity index is 1.36. The van der Waals surface area contributed by atoms with Crippen LogP contribution < -0.4 is 9.47 Å². The zero-order chi connectivity index (χ0) is 23.1. The topological polar surface area (TPSA) is 79.3 Å². The monoisotopic (exact) mass is 446 g/mol. The first kappa shape index (κ1) is 21.4. The van der Waals surface area contributed by atoms with Crippen LogP contribution in [0, 0.1) is 17.8 Å². The van der Waals surface area contributed by atoms with E-state index in [1.165, 1.54) is 0 Å². The fourth-order valence-corrected chi connectivity index (χ4v) is 4.88. The summed E-state index contributed by atoms with van der Waals surface area (Å²) in [5.41, 5.74) is 2.43. The summed E-state index contributed by atoms with van der Waals surface area (Å²) in [5, 5.41) is 9.99. The van der Waals surface area contributed by atoms with Crippen LogP contribution in [0.5, 0.6) is 11.5 Å². The maximum absolute atomic E-state index is 13.2. The molecule has 3 atom stereocenters. The van der Waals surface area contributed by atoms with Crippen molar-refractivity contribution >= 4 is 11.8 Å². The van der Waals surface area contributed by atoms with Gasteiger partial charge in [-0.3, -0.25) is 9.59 Å². The highest BCUT2D eigenvalue weighted by atomic mass is 16.7. The largest absolute Gasteiger partial charge is 0.454 e. The van der Waals surface area contributed by atoms with Crippen molar-refractivity contribution < 1.29 is 24.2 Å². The number of fused-ring (bicyclic) bond motifs is 2. The Kier molecular flexibility index (Phi) is 5.47. The fourth-order valence-electron chi connectivity index (χ4n) is 4.88. The number of aliphatic hydroxyl groups is 1. The highest BCUT2D eigenvalue weighted by molar-refractivity contribution is 5.98. The first-order valence-electron chi connectivity index (χ1n) is 11.2. The molecule has 0 aromatic heterocycles. The molecule has 0 bridgehead atoms. The second-order valence-electron chi connectivity index (χ2n) is 8.94. The Morgan fingerprint density at radius 2 is 1.91 bits per heavy atom. The number of carbonyl (C=O) groups is 2. The molecule has 0 radical (unpaired) electrons. The van der Waals surface area contributed by atoms with Gasteiger partial charge in [0.15, 0.2) is 11.5 Å². The zero-order valence-corrected chi connectivity index (χ0v) is 18.7. The Bertz CT molecular complexity index is 1150. The normalized spacial score (nSPS) is 23.0. The van der Waals surface area contributed by atoms with Crippen LogP contribution in [0.2, 0.25) is 0 Å². The molecule has 7 heteroatoms. The molecular formula is C26H26N2O5. The van der Waals surface area contributed by atoms with Crippen molar-refractivity contribution in [3.8, 4) is 23.3 Å². The Morgan fingerprint density at radius 1 is 1.15 bits per heavy atom. The molecule has 0 aliphatic carbocycles. The van der Waals surface area contributed by atoms with Gasteiger partial charge in [-0.25, -0.2) is 0 Å². The molecule has 170 valence electrons. The minimum atomic E-state index is -0.280. The van der Waals surface area contributed by atoms with E-state index in [-0.39, 0.29) is 49.8 Å². The Morgan fingerprint density at radius 3 is 2.64 bits per heavy atom. The van der Waals surface area contributed by atoms with Crippen molar-refractivity contribution in [3.05, 3.63) is 59.2 Å². The van der Waals surface area contributed by atoms with Gasteiger partial charge in [-0.2, -0.15) is 0 Å². The Labute approximate surface area is 192 Å². The average Bonchev–Trinajstić information content (AvgIpc) is 3.27. The molecule has 0 unspecified atom stereocenters. The summed E-state index contributed by atoms with van der Waals surface area (Å²) in [6.07, 6.45) is 0. The molecule has 1 N–H and O–H groups in total. The molecule has 3 aliphatic heterocycles. The molecule has 2 aromatic carbocycles. The van der Waals surface area contributed by atoms with Crippen LogP contribution in [-0.2, 0) is 4.79 Å². The average molecular weight is 447 g/mol. The molecule has 2 aromatic rings. The van der Waals surface area contributed by atoms with Gasteiger partial charge in [0.25, 0.3) is 5.91 Å². The van der Waals surface area contributed by atoms with Gasteiger partial charge in [0.1, 0.15) is 6.54 Å². The molecule has 3 heterocycles. The number of aliphatic hydroxyl groups excluding tert-OH is 1. The van der Waals surface area contributed by atoms with Crippen molar-refractivity contribution in [2.24, 2.45) is 5.92 Å². The summed E-state index contributed by atoms with van der Waals surface area (Å²) in [7, 11) is 0. The van der Waals surface area contributed by atoms with E-state index in [0.717, 1.165) is 11.1 Å². The van der Waals surface area contributed by atoms with Crippen LogP contribution in [0.15, 0.2) is 42.5 Å². The third-order valence-electron chi connectivity index (χ3n) is 6.46. The number of ether oxygens (including phenoxy) is 2. The van der Waals surface area contributed by atoms with E-state index in [1.54, 1.807) is 28.0 Å². The van der Waals surface area contributed by atoms with Gasteiger partial charge in [0, 0.05) is 29.5 Å². The Hall–Kier alpha value is -3.50. The smallest absolute Gasteiger partial charge is 0.254 e. The molecule has 2 amide bonds. The van der Waals surface area contributed by atoms with Crippen LogP contribution in [0.4, 0.5) is 0 Å². The van der Waals surface area contributed by atoms with E-state index in [1.807, 2.05) is 38.1 Å². The quantitative estimate of drug-likeness (QED) is 0.732. The predicted octanol–water partition coefficient (Wildman–Crippen LogP) is 2.23. The van der Waals surface area contributed by atoms with Gasteiger partial charge >= 0.3 is 0 Å². The maximum atomic E-state index is 13.2. The maximum Gasteiger partial charge on any atom is 0.254 e. The molecule has 2 fully saturated rings. The molecule has 33 heavy (non-hydrogen) atoms. The van der Waals surface area contributed by atoms with Gasteiger partial charge in [0.05, 0.1) is 18.7 Å². The van der Waals surface area contributed by atoms with Gasteiger partial charge in [0.2, 0.25) is 12.7 Å². The number of piperazine rings is 1. The van der Waals surface area contributed by atoms with E-state index in [9.17, 15) is 14.7 Å². The minimum absolute atomic E-state index is 0.00325. The third-order valence-corrected chi connectivity index (χ3v) is 6.46.